The molecule has 2 aromatic carbocycles. The number of carbonyl (C=O) groups excluding carboxylic acids is 3. The van der Waals surface area contributed by atoms with Crippen LogP contribution in [-0.2, 0) is 20.9 Å². The van der Waals surface area contributed by atoms with Crippen molar-refractivity contribution in [3.63, 3.8) is 0 Å². The highest BCUT2D eigenvalue weighted by Crippen LogP contribution is 2.38. The van der Waals surface area contributed by atoms with E-state index in [2.05, 4.69) is 10.6 Å². The summed E-state index contributed by atoms with van der Waals surface area (Å²) in [6, 6.07) is 12.4. The number of rotatable bonds is 8. The molecule has 0 saturated heterocycles. The molecule has 3 amide bonds. The molecule has 2 aliphatic carbocycles. The number of benzene rings is 2. The number of nitrogens with one attached hydrogen (secondary N) is 2. The highest BCUT2D eigenvalue weighted by Gasteiger charge is 2.34. The van der Waals surface area contributed by atoms with Gasteiger partial charge in [0.1, 0.15) is 18.5 Å². The van der Waals surface area contributed by atoms with Crippen LogP contribution >= 0.6 is 0 Å². The summed E-state index contributed by atoms with van der Waals surface area (Å²) in [4.78, 5) is 37.4. The molecule has 4 rings (SSSR count). The number of hydrogen-bond donors (Lipinski definition) is 3. The molecule has 0 aromatic heterocycles. The SMILES string of the molecule is NC(=O)[C@@H](NC(=O)[C@@H]1CCCC[C@H]1c1ccc(COC(=O)NC2CCCC2)cc1)c1ccc(F)cc1. The van der Waals surface area contributed by atoms with Gasteiger partial charge in [-0.1, -0.05) is 62.1 Å². The zero-order chi connectivity index (χ0) is 25.5. The van der Waals surface area contributed by atoms with Crippen LogP contribution in [0, 0.1) is 11.7 Å². The van der Waals surface area contributed by atoms with Crippen LogP contribution < -0.4 is 16.4 Å². The van der Waals surface area contributed by atoms with Crippen molar-refractivity contribution in [3.8, 4) is 0 Å². The molecule has 2 fully saturated rings. The second kappa shape index (κ2) is 12.0. The van der Waals surface area contributed by atoms with E-state index in [0.29, 0.717) is 12.0 Å². The Kier molecular flexibility index (Phi) is 8.57. The van der Waals surface area contributed by atoms with Gasteiger partial charge in [0.2, 0.25) is 11.8 Å². The van der Waals surface area contributed by atoms with Crippen LogP contribution in [0.4, 0.5) is 9.18 Å². The van der Waals surface area contributed by atoms with Gasteiger partial charge in [0.15, 0.2) is 0 Å². The quantitative estimate of drug-likeness (QED) is 0.497. The van der Waals surface area contributed by atoms with Gasteiger partial charge in [-0.15, -0.1) is 0 Å². The Hall–Kier alpha value is -3.42. The van der Waals surface area contributed by atoms with E-state index in [0.717, 1.165) is 56.1 Å². The number of hydrogen-bond acceptors (Lipinski definition) is 4. The van der Waals surface area contributed by atoms with E-state index in [4.69, 9.17) is 10.5 Å². The number of halogens is 1. The molecule has 2 aliphatic rings. The van der Waals surface area contributed by atoms with Gasteiger partial charge in [0.25, 0.3) is 0 Å². The van der Waals surface area contributed by atoms with Crippen molar-refractivity contribution in [1.82, 2.24) is 10.6 Å². The fourth-order valence-corrected chi connectivity index (χ4v) is 5.36. The summed E-state index contributed by atoms with van der Waals surface area (Å²) >= 11 is 0. The van der Waals surface area contributed by atoms with Gasteiger partial charge in [-0.25, -0.2) is 9.18 Å². The predicted octanol–water partition coefficient (Wildman–Crippen LogP) is 4.61. The van der Waals surface area contributed by atoms with Crippen LogP contribution in [0.25, 0.3) is 0 Å². The highest BCUT2D eigenvalue weighted by atomic mass is 19.1. The summed E-state index contributed by atoms with van der Waals surface area (Å²) in [5.74, 6) is -1.65. The molecule has 0 aliphatic heterocycles. The molecular weight excluding hydrogens is 461 g/mol. The second-order valence-corrected chi connectivity index (χ2v) is 9.84. The normalized spacial score (nSPS) is 20.9. The van der Waals surface area contributed by atoms with E-state index in [9.17, 15) is 18.8 Å². The molecule has 0 bridgehead atoms. The first-order valence-electron chi connectivity index (χ1n) is 12.8. The minimum atomic E-state index is -1.02. The van der Waals surface area contributed by atoms with E-state index in [-0.39, 0.29) is 36.5 Å². The summed E-state index contributed by atoms with van der Waals surface area (Å²) in [5, 5.41) is 5.71. The van der Waals surface area contributed by atoms with E-state index in [1.807, 2.05) is 24.3 Å². The Bertz CT molecular complexity index is 1050. The van der Waals surface area contributed by atoms with Crippen molar-refractivity contribution in [2.75, 3.05) is 0 Å². The first-order chi connectivity index (χ1) is 17.4. The molecule has 2 aromatic rings. The zero-order valence-corrected chi connectivity index (χ0v) is 20.4. The Morgan fingerprint density at radius 2 is 1.56 bits per heavy atom. The van der Waals surface area contributed by atoms with Gasteiger partial charge >= 0.3 is 6.09 Å². The van der Waals surface area contributed by atoms with Crippen LogP contribution in [0.2, 0.25) is 0 Å². The lowest BCUT2D eigenvalue weighted by molar-refractivity contribution is -0.131. The maximum Gasteiger partial charge on any atom is 0.407 e. The Labute approximate surface area is 211 Å². The third kappa shape index (κ3) is 6.62. The lowest BCUT2D eigenvalue weighted by atomic mass is 9.74. The van der Waals surface area contributed by atoms with Gasteiger partial charge in [0, 0.05) is 12.0 Å². The zero-order valence-electron chi connectivity index (χ0n) is 20.4. The Morgan fingerprint density at radius 3 is 2.22 bits per heavy atom. The molecular formula is C28H34FN3O4. The summed E-state index contributed by atoms with van der Waals surface area (Å²) in [6.45, 7) is 0.186. The molecule has 8 heteroatoms. The summed E-state index contributed by atoms with van der Waals surface area (Å²) < 4.78 is 18.7. The number of alkyl carbamates (subject to hydrolysis) is 1. The summed E-state index contributed by atoms with van der Waals surface area (Å²) in [7, 11) is 0. The van der Waals surface area contributed by atoms with Crippen molar-refractivity contribution in [2.45, 2.75) is 76.0 Å². The number of carbonyl (C=O) groups is 3. The average Bonchev–Trinajstić information content (AvgIpc) is 3.40. The maximum atomic E-state index is 13.3. The molecule has 0 radical (unpaired) electrons. The molecule has 4 N–H and O–H groups in total. The number of ether oxygens (including phenoxy) is 1. The summed E-state index contributed by atoms with van der Waals surface area (Å²) in [5.41, 5.74) is 7.92. The topological polar surface area (TPSA) is 111 Å². The fraction of sp³-hybridized carbons (Fsp3) is 0.464. The molecule has 7 nitrogen and oxygen atoms in total. The van der Waals surface area contributed by atoms with Crippen LogP contribution in [0.1, 0.15) is 80.0 Å². The average molecular weight is 496 g/mol. The standard InChI is InChI=1S/C28H34FN3O4/c29-21-15-13-20(14-16-21)25(26(30)33)32-27(34)24-8-4-3-7-23(24)19-11-9-18(10-12-19)17-36-28(35)31-22-5-1-2-6-22/h9-16,22-25H,1-8,17H2,(H2,30,33)(H,31,35)(H,32,34)/t23-,24+,25-/m0/s1. The van der Waals surface area contributed by atoms with Crippen LogP contribution in [0.3, 0.4) is 0 Å². The van der Waals surface area contributed by atoms with Crippen molar-refractivity contribution < 1.29 is 23.5 Å². The van der Waals surface area contributed by atoms with Crippen molar-refractivity contribution in [2.24, 2.45) is 11.7 Å². The Balaban J connectivity index is 1.37. The van der Waals surface area contributed by atoms with Crippen LogP contribution in [-0.4, -0.2) is 23.9 Å². The second-order valence-electron chi connectivity index (χ2n) is 9.84. The largest absolute Gasteiger partial charge is 0.445 e. The van der Waals surface area contributed by atoms with Gasteiger partial charge in [-0.2, -0.15) is 0 Å². The minimum absolute atomic E-state index is 0.00104. The molecule has 0 unspecified atom stereocenters. The van der Waals surface area contributed by atoms with Gasteiger partial charge in [-0.05, 0) is 60.4 Å². The van der Waals surface area contributed by atoms with Crippen LogP contribution in [0.5, 0.6) is 0 Å². The fourth-order valence-electron chi connectivity index (χ4n) is 5.36. The summed E-state index contributed by atoms with van der Waals surface area (Å²) in [6.07, 6.45) is 7.40. The van der Waals surface area contributed by atoms with E-state index in [1.54, 1.807) is 0 Å². The molecule has 0 heterocycles. The van der Waals surface area contributed by atoms with E-state index < -0.39 is 17.8 Å². The smallest absolute Gasteiger partial charge is 0.407 e. The van der Waals surface area contributed by atoms with Gasteiger partial charge in [-0.3, -0.25) is 9.59 Å². The molecule has 2 saturated carbocycles. The number of primary amides is 1. The monoisotopic (exact) mass is 495 g/mol. The Morgan fingerprint density at radius 1 is 0.917 bits per heavy atom. The van der Waals surface area contributed by atoms with E-state index in [1.165, 1.54) is 24.3 Å². The van der Waals surface area contributed by atoms with Crippen molar-refractivity contribution in [1.29, 1.82) is 0 Å². The van der Waals surface area contributed by atoms with Gasteiger partial charge in [0.05, 0.1) is 0 Å². The predicted molar refractivity (Wildman–Crippen MR) is 133 cm³/mol. The number of nitrogens with two attached hydrogens (primary N) is 1. The molecule has 192 valence electrons. The van der Waals surface area contributed by atoms with Gasteiger partial charge < -0.3 is 21.1 Å². The number of amides is 3. The first-order valence-corrected chi connectivity index (χ1v) is 12.8. The van der Waals surface area contributed by atoms with Crippen molar-refractivity contribution >= 4 is 17.9 Å². The first kappa shape index (κ1) is 25.7. The molecule has 36 heavy (non-hydrogen) atoms. The van der Waals surface area contributed by atoms with Crippen molar-refractivity contribution in [3.05, 3.63) is 71.0 Å². The minimum Gasteiger partial charge on any atom is -0.445 e. The molecule has 3 atom stereocenters. The maximum absolute atomic E-state index is 13.3. The third-order valence-electron chi connectivity index (χ3n) is 7.33. The third-order valence-corrected chi connectivity index (χ3v) is 7.33. The highest BCUT2D eigenvalue weighted by molar-refractivity contribution is 5.89. The van der Waals surface area contributed by atoms with Crippen LogP contribution in [0.15, 0.2) is 48.5 Å². The lowest BCUT2D eigenvalue weighted by Crippen LogP contribution is -2.42. The lowest BCUT2D eigenvalue weighted by Gasteiger charge is -2.32. The van der Waals surface area contributed by atoms with E-state index >= 15 is 0 Å². The molecule has 0 spiro atoms.